The van der Waals surface area contributed by atoms with Crippen molar-refractivity contribution >= 4 is 17.8 Å². The Labute approximate surface area is 207 Å². The first-order valence-corrected chi connectivity index (χ1v) is 11.3. The topological polar surface area (TPSA) is 127 Å². The fraction of sp³-hybridized carbons (Fsp3) is 0.185. The Bertz CT molecular complexity index is 1280. The monoisotopic (exact) mass is 485 g/mol. The lowest BCUT2D eigenvalue weighted by Crippen LogP contribution is -2.69. The highest BCUT2D eigenvalue weighted by atomic mass is 16.5. The summed E-state index contributed by atoms with van der Waals surface area (Å²) >= 11 is 0. The number of hydrogen-bond acceptors (Lipinski definition) is 7. The molecule has 3 aromatic carbocycles. The zero-order chi connectivity index (χ0) is 25.5. The summed E-state index contributed by atoms with van der Waals surface area (Å²) < 4.78 is 17.0. The summed E-state index contributed by atoms with van der Waals surface area (Å²) in [5, 5.41) is 13.1. The number of hydrogen-bond donors (Lipinski definition) is 2. The van der Waals surface area contributed by atoms with E-state index in [2.05, 4.69) is 16.7 Å². The first kappa shape index (κ1) is 24.4. The summed E-state index contributed by atoms with van der Waals surface area (Å²) in [5.74, 6) is -0.324. The minimum Gasteiger partial charge on any atom is -0.467 e. The van der Waals surface area contributed by atoms with Crippen molar-refractivity contribution in [1.82, 2.24) is 10.6 Å². The van der Waals surface area contributed by atoms with E-state index in [1.807, 2.05) is 36.4 Å². The lowest BCUT2D eigenvalue weighted by atomic mass is 9.95. The highest BCUT2D eigenvalue weighted by Crippen LogP contribution is 2.30. The third-order valence-corrected chi connectivity index (χ3v) is 5.54. The zero-order valence-corrected chi connectivity index (χ0v) is 19.4. The van der Waals surface area contributed by atoms with Gasteiger partial charge in [0.25, 0.3) is 17.4 Å². The highest BCUT2D eigenvalue weighted by molar-refractivity contribution is 6.21. The van der Waals surface area contributed by atoms with E-state index in [1.165, 1.54) is 0 Å². The van der Waals surface area contributed by atoms with Crippen LogP contribution in [0.25, 0.3) is 11.1 Å². The van der Waals surface area contributed by atoms with Crippen molar-refractivity contribution in [3.05, 3.63) is 78.4 Å². The molecule has 4 amide bonds. The zero-order valence-electron chi connectivity index (χ0n) is 19.4. The van der Waals surface area contributed by atoms with Crippen LogP contribution in [0.1, 0.15) is 18.9 Å². The molecule has 0 atom stereocenters. The Morgan fingerprint density at radius 3 is 1.81 bits per heavy atom. The summed E-state index contributed by atoms with van der Waals surface area (Å²) in [4.78, 5) is 36.7. The molecule has 1 fully saturated rings. The van der Waals surface area contributed by atoms with Crippen molar-refractivity contribution in [3.8, 4) is 34.4 Å². The summed E-state index contributed by atoms with van der Waals surface area (Å²) in [5.41, 5.74) is 0.630. The molecule has 9 nitrogen and oxygen atoms in total. The van der Waals surface area contributed by atoms with Crippen LogP contribution in [0.4, 0.5) is 4.79 Å². The van der Waals surface area contributed by atoms with E-state index in [1.54, 1.807) is 43.3 Å². The van der Waals surface area contributed by atoms with Crippen LogP contribution >= 0.6 is 0 Å². The molecule has 1 aliphatic heterocycles. The number of ether oxygens (including phenoxy) is 3. The van der Waals surface area contributed by atoms with E-state index in [9.17, 15) is 14.4 Å². The molecule has 0 unspecified atom stereocenters. The minimum atomic E-state index is -1.94. The van der Waals surface area contributed by atoms with Crippen LogP contribution in [-0.4, -0.2) is 36.7 Å². The Hall–Kier alpha value is -4.68. The van der Waals surface area contributed by atoms with Gasteiger partial charge in [-0.15, -0.1) is 0 Å². The average molecular weight is 485 g/mol. The second kappa shape index (κ2) is 10.7. The molecule has 0 spiro atoms. The van der Waals surface area contributed by atoms with Crippen molar-refractivity contribution in [2.24, 2.45) is 0 Å². The Morgan fingerprint density at radius 2 is 1.28 bits per heavy atom. The molecule has 1 saturated heterocycles. The number of nitriles is 1. The van der Waals surface area contributed by atoms with Crippen molar-refractivity contribution in [3.63, 3.8) is 0 Å². The molecule has 3 aromatic rings. The van der Waals surface area contributed by atoms with Gasteiger partial charge in [0.1, 0.15) is 17.2 Å². The van der Waals surface area contributed by atoms with E-state index >= 15 is 0 Å². The van der Waals surface area contributed by atoms with Gasteiger partial charge >= 0.3 is 6.03 Å². The number of nitrogens with zero attached hydrogens (tertiary/aromatic N) is 1. The van der Waals surface area contributed by atoms with Gasteiger partial charge in [0.15, 0.2) is 0 Å². The van der Waals surface area contributed by atoms with E-state index in [-0.39, 0.29) is 18.8 Å². The SMILES string of the molecule is CCOCCC1(Oc2ccc(Oc3ccc(-c4ccc(C#N)cc4)cc3)cc2)C(=O)NC(=O)NC1=O. The first-order valence-electron chi connectivity index (χ1n) is 11.3. The number of barbiturate groups is 1. The molecular weight excluding hydrogens is 462 g/mol. The number of carbonyl (C=O) groups excluding carboxylic acids is 3. The molecular formula is C27H23N3O6. The molecule has 1 aliphatic rings. The highest BCUT2D eigenvalue weighted by Gasteiger charge is 2.52. The molecule has 0 bridgehead atoms. The number of carbonyl (C=O) groups is 3. The molecule has 182 valence electrons. The van der Waals surface area contributed by atoms with Gasteiger partial charge in [-0.1, -0.05) is 24.3 Å². The van der Waals surface area contributed by atoms with Gasteiger partial charge in [-0.3, -0.25) is 20.2 Å². The van der Waals surface area contributed by atoms with Crippen molar-refractivity contribution in [1.29, 1.82) is 5.26 Å². The number of nitrogens with one attached hydrogen (secondary N) is 2. The molecule has 4 rings (SSSR count). The van der Waals surface area contributed by atoms with Crippen LogP contribution in [0.5, 0.6) is 17.2 Å². The number of benzene rings is 3. The van der Waals surface area contributed by atoms with Gasteiger partial charge in [-0.2, -0.15) is 5.26 Å². The molecule has 9 heteroatoms. The third-order valence-electron chi connectivity index (χ3n) is 5.54. The molecule has 36 heavy (non-hydrogen) atoms. The maximum atomic E-state index is 12.6. The standard InChI is InChI=1S/C27H23N3O6/c1-2-34-16-15-27(24(31)29-26(33)30-25(27)32)36-23-13-11-22(12-14-23)35-21-9-7-20(8-10-21)19-5-3-18(17-28)4-6-19/h3-14H,2,15-16H2,1H3,(H2,29,30,31,32,33). The van der Waals surface area contributed by atoms with Crippen LogP contribution in [0, 0.1) is 11.3 Å². The van der Waals surface area contributed by atoms with Crippen LogP contribution < -0.4 is 20.1 Å². The molecule has 2 N–H and O–H groups in total. The fourth-order valence-corrected chi connectivity index (χ4v) is 3.64. The van der Waals surface area contributed by atoms with Gasteiger partial charge in [0.05, 0.1) is 18.2 Å². The van der Waals surface area contributed by atoms with Crippen LogP contribution in [0.15, 0.2) is 72.8 Å². The van der Waals surface area contributed by atoms with Gasteiger partial charge in [-0.25, -0.2) is 4.79 Å². The Kier molecular flexibility index (Phi) is 7.28. The predicted molar refractivity (Wildman–Crippen MR) is 129 cm³/mol. The van der Waals surface area contributed by atoms with Gasteiger partial charge < -0.3 is 14.2 Å². The second-order valence-corrected chi connectivity index (χ2v) is 7.90. The smallest absolute Gasteiger partial charge is 0.328 e. The van der Waals surface area contributed by atoms with E-state index in [0.717, 1.165) is 11.1 Å². The van der Waals surface area contributed by atoms with Crippen molar-refractivity contribution < 1.29 is 28.6 Å². The van der Waals surface area contributed by atoms with Crippen molar-refractivity contribution in [2.45, 2.75) is 18.9 Å². The van der Waals surface area contributed by atoms with Gasteiger partial charge in [-0.05, 0) is 66.6 Å². The average Bonchev–Trinajstić information content (AvgIpc) is 2.89. The molecule has 0 radical (unpaired) electrons. The Balaban J connectivity index is 1.45. The van der Waals surface area contributed by atoms with Crippen molar-refractivity contribution in [2.75, 3.05) is 13.2 Å². The minimum absolute atomic E-state index is 0.0738. The number of urea groups is 1. The third kappa shape index (κ3) is 5.35. The summed E-state index contributed by atoms with van der Waals surface area (Å²) in [6.07, 6.45) is -0.0738. The fourth-order valence-electron chi connectivity index (χ4n) is 3.64. The van der Waals surface area contributed by atoms with E-state index < -0.39 is 23.4 Å². The lowest BCUT2D eigenvalue weighted by molar-refractivity contribution is -0.153. The van der Waals surface area contributed by atoms with Gasteiger partial charge in [0.2, 0.25) is 0 Å². The molecule has 1 heterocycles. The summed E-state index contributed by atoms with van der Waals surface area (Å²) in [6.45, 7) is 2.28. The molecule has 0 aromatic heterocycles. The number of amides is 4. The van der Waals surface area contributed by atoms with Crippen LogP contribution in [-0.2, 0) is 14.3 Å². The maximum Gasteiger partial charge on any atom is 0.328 e. The normalized spacial score (nSPS) is 14.4. The van der Waals surface area contributed by atoms with E-state index in [4.69, 9.17) is 19.5 Å². The second-order valence-electron chi connectivity index (χ2n) is 7.90. The number of rotatable bonds is 9. The van der Waals surface area contributed by atoms with Gasteiger partial charge in [0, 0.05) is 13.0 Å². The molecule has 0 saturated carbocycles. The van der Waals surface area contributed by atoms with Crippen LogP contribution in [0.3, 0.4) is 0 Å². The predicted octanol–water partition coefficient (Wildman–Crippen LogP) is 3.93. The summed E-state index contributed by atoms with van der Waals surface area (Å²) in [6, 6.07) is 22.4. The Morgan fingerprint density at radius 1 is 0.778 bits per heavy atom. The number of imide groups is 2. The van der Waals surface area contributed by atoms with Crippen LogP contribution in [0.2, 0.25) is 0 Å². The summed E-state index contributed by atoms with van der Waals surface area (Å²) in [7, 11) is 0. The first-order chi connectivity index (χ1) is 17.4. The maximum absolute atomic E-state index is 12.6. The quantitative estimate of drug-likeness (QED) is 0.347. The molecule has 0 aliphatic carbocycles. The lowest BCUT2D eigenvalue weighted by Gasteiger charge is -2.34. The van der Waals surface area contributed by atoms with E-state index in [0.29, 0.717) is 23.7 Å². The largest absolute Gasteiger partial charge is 0.467 e.